The molecular formula is C20H24ClN3O5. The second-order valence-electron chi connectivity index (χ2n) is 6.92. The molecule has 8 nitrogen and oxygen atoms in total. The van der Waals surface area contributed by atoms with E-state index >= 15 is 0 Å². The van der Waals surface area contributed by atoms with Gasteiger partial charge in [0.1, 0.15) is 12.1 Å². The molecule has 0 fully saturated rings. The van der Waals surface area contributed by atoms with E-state index in [1.54, 1.807) is 38.2 Å². The average Bonchev–Trinajstić information content (AvgIpc) is 3.05. The lowest BCUT2D eigenvalue weighted by Gasteiger charge is -2.20. The number of benzene rings is 1. The monoisotopic (exact) mass is 421 g/mol. The number of nitrogens with one attached hydrogen (secondary N) is 3. The van der Waals surface area contributed by atoms with Crippen LogP contribution in [-0.4, -0.2) is 52.2 Å². The molecule has 2 rings (SSSR count). The quantitative estimate of drug-likeness (QED) is 0.344. The van der Waals surface area contributed by atoms with Gasteiger partial charge in [-0.05, 0) is 38.0 Å². The molecule has 4 N–H and O–H groups in total. The Morgan fingerprint density at radius 3 is 2.72 bits per heavy atom. The van der Waals surface area contributed by atoms with Crippen LogP contribution in [0.5, 0.6) is 0 Å². The molecule has 0 aliphatic carbocycles. The Morgan fingerprint density at radius 2 is 2.07 bits per heavy atom. The van der Waals surface area contributed by atoms with Crippen molar-refractivity contribution < 1.29 is 24.2 Å². The highest BCUT2D eigenvalue weighted by Crippen LogP contribution is 2.23. The number of fused-ring (bicyclic) bond motifs is 1. The maximum absolute atomic E-state index is 12.4. The fourth-order valence-corrected chi connectivity index (χ4v) is 2.99. The minimum atomic E-state index is -1.41. The number of hydrogen-bond donors (Lipinski definition) is 4. The lowest BCUT2D eigenvalue weighted by molar-refractivity contribution is -0.152. The van der Waals surface area contributed by atoms with Gasteiger partial charge in [0.15, 0.2) is 5.78 Å². The molecule has 1 aromatic heterocycles. The van der Waals surface area contributed by atoms with E-state index in [0.717, 1.165) is 16.5 Å². The zero-order valence-corrected chi connectivity index (χ0v) is 17.0. The summed E-state index contributed by atoms with van der Waals surface area (Å²) >= 11 is 5.95. The third kappa shape index (κ3) is 6.40. The molecule has 0 radical (unpaired) electrons. The second-order valence-corrected chi connectivity index (χ2v) is 7.36. The van der Waals surface area contributed by atoms with Gasteiger partial charge in [-0.2, -0.15) is 0 Å². The first kappa shape index (κ1) is 22.6. The number of amides is 1. The highest BCUT2D eigenvalue weighted by Gasteiger charge is 2.27. The Balaban J connectivity index is 2.06. The van der Waals surface area contributed by atoms with Crippen LogP contribution in [0, 0.1) is 5.41 Å². The predicted molar refractivity (Wildman–Crippen MR) is 109 cm³/mol. The van der Waals surface area contributed by atoms with Gasteiger partial charge in [0, 0.05) is 35.0 Å². The van der Waals surface area contributed by atoms with Crippen molar-refractivity contribution in [3.8, 4) is 0 Å². The first-order chi connectivity index (χ1) is 13.7. The predicted octanol–water partition coefficient (Wildman–Crippen LogP) is 2.16. The molecule has 0 aliphatic rings. The molecule has 0 bridgehead atoms. The maximum Gasteiger partial charge on any atom is 0.328 e. The molecule has 2 atom stereocenters. The Morgan fingerprint density at radius 1 is 1.34 bits per heavy atom. The molecule has 1 aromatic carbocycles. The van der Waals surface area contributed by atoms with E-state index in [0.29, 0.717) is 11.2 Å². The van der Waals surface area contributed by atoms with Crippen LogP contribution in [0.1, 0.15) is 32.3 Å². The zero-order chi connectivity index (χ0) is 21.6. The first-order valence-electron chi connectivity index (χ1n) is 9.19. The van der Waals surface area contributed by atoms with Crippen LogP contribution < -0.4 is 5.32 Å². The number of ether oxygens (including phenoxy) is 1. The molecule has 0 saturated heterocycles. The van der Waals surface area contributed by atoms with Gasteiger partial charge in [0.05, 0.1) is 12.3 Å². The summed E-state index contributed by atoms with van der Waals surface area (Å²) < 4.78 is 5.11. The van der Waals surface area contributed by atoms with Crippen molar-refractivity contribution in [1.29, 1.82) is 5.41 Å². The smallest absolute Gasteiger partial charge is 0.328 e. The number of ketones is 1. The van der Waals surface area contributed by atoms with Crippen LogP contribution in [0.3, 0.4) is 0 Å². The van der Waals surface area contributed by atoms with Gasteiger partial charge >= 0.3 is 5.97 Å². The number of halogens is 1. The van der Waals surface area contributed by atoms with Crippen molar-refractivity contribution >= 4 is 46.4 Å². The molecule has 1 heterocycles. The Hall–Kier alpha value is -2.71. The molecule has 29 heavy (non-hydrogen) atoms. The minimum Gasteiger partial charge on any atom is -0.461 e. The summed E-state index contributed by atoms with van der Waals surface area (Å²) in [5, 5.41) is 21.1. The van der Waals surface area contributed by atoms with Crippen molar-refractivity contribution in [3.05, 3.63) is 35.0 Å². The van der Waals surface area contributed by atoms with Crippen LogP contribution in [0.15, 0.2) is 24.4 Å². The largest absolute Gasteiger partial charge is 0.461 e. The number of aromatic amines is 1. The average molecular weight is 422 g/mol. The van der Waals surface area contributed by atoms with Gasteiger partial charge in [-0.3, -0.25) is 9.59 Å². The van der Waals surface area contributed by atoms with E-state index < -0.39 is 35.9 Å². The number of carbonyl (C=O) groups is 3. The normalized spacial score (nSPS) is 13.1. The summed E-state index contributed by atoms with van der Waals surface area (Å²) in [6.07, 6.45) is 0.444. The number of carbonyl (C=O) groups excluding carboxylic acids is 3. The summed E-state index contributed by atoms with van der Waals surface area (Å²) in [5.41, 5.74) is 1.50. The molecule has 156 valence electrons. The molecule has 0 spiro atoms. The number of aliphatic hydroxyl groups excluding tert-OH is 1. The third-order valence-corrected chi connectivity index (χ3v) is 4.47. The summed E-state index contributed by atoms with van der Waals surface area (Å²) in [6.45, 7) is 3.33. The summed E-state index contributed by atoms with van der Waals surface area (Å²) in [4.78, 5) is 39.1. The van der Waals surface area contributed by atoms with Gasteiger partial charge in [0.2, 0.25) is 5.91 Å². The number of esters is 1. The van der Waals surface area contributed by atoms with Gasteiger partial charge in [-0.25, -0.2) is 4.79 Å². The van der Waals surface area contributed by atoms with E-state index in [4.69, 9.17) is 21.7 Å². The highest BCUT2D eigenvalue weighted by atomic mass is 35.5. The number of H-pyrrole nitrogens is 1. The number of rotatable bonds is 10. The molecule has 0 aliphatic heterocycles. The zero-order valence-electron chi connectivity index (χ0n) is 16.2. The second kappa shape index (κ2) is 10.2. The molecule has 2 aromatic rings. The van der Waals surface area contributed by atoms with E-state index in [9.17, 15) is 19.5 Å². The third-order valence-electron chi connectivity index (χ3n) is 4.24. The minimum absolute atomic E-state index is 0.0240. The fraction of sp³-hybridized carbons (Fsp3) is 0.400. The van der Waals surface area contributed by atoms with Crippen LogP contribution in [0.25, 0.3) is 10.9 Å². The lowest BCUT2D eigenvalue weighted by atomic mass is 10.0. The van der Waals surface area contributed by atoms with Crippen LogP contribution >= 0.6 is 11.6 Å². The number of hydrogen-bond acceptors (Lipinski definition) is 6. The van der Waals surface area contributed by atoms with Crippen molar-refractivity contribution in [2.45, 2.75) is 51.4 Å². The Kier molecular flexibility index (Phi) is 7.92. The lowest BCUT2D eigenvalue weighted by Crippen LogP contribution is -2.47. The molecule has 1 amide bonds. The van der Waals surface area contributed by atoms with Gasteiger partial charge < -0.3 is 25.6 Å². The summed E-state index contributed by atoms with van der Waals surface area (Å²) in [5.74, 6) is -1.92. The van der Waals surface area contributed by atoms with Gasteiger partial charge in [-0.1, -0.05) is 17.7 Å². The summed E-state index contributed by atoms with van der Waals surface area (Å²) in [7, 11) is 0. The van der Waals surface area contributed by atoms with Gasteiger partial charge in [0.25, 0.3) is 0 Å². The number of Topliss-reactive ketones (excluding diaryl/α,β-unsaturated/α-hetero) is 1. The Labute approximate surface area is 173 Å². The van der Waals surface area contributed by atoms with Crippen LogP contribution in [0.4, 0.5) is 0 Å². The molecule has 0 unspecified atom stereocenters. The number of aromatic nitrogens is 1. The number of aliphatic hydroxyl groups is 1. The van der Waals surface area contributed by atoms with Crippen LogP contribution in [-0.2, 0) is 25.5 Å². The molecule has 0 saturated carbocycles. The molecular weight excluding hydrogens is 398 g/mol. The van der Waals surface area contributed by atoms with Crippen molar-refractivity contribution in [3.63, 3.8) is 0 Å². The van der Waals surface area contributed by atoms with E-state index in [2.05, 4.69) is 10.3 Å². The fourth-order valence-electron chi connectivity index (χ4n) is 2.82. The maximum atomic E-state index is 12.4. The summed E-state index contributed by atoms with van der Waals surface area (Å²) in [6, 6.07) is 4.15. The van der Waals surface area contributed by atoms with Gasteiger partial charge in [-0.15, -0.1) is 0 Å². The van der Waals surface area contributed by atoms with Crippen molar-refractivity contribution in [2.75, 3.05) is 0 Å². The van der Waals surface area contributed by atoms with Crippen LogP contribution in [0.2, 0.25) is 5.02 Å². The van der Waals surface area contributed by atoms with E-state index in [1.807, 2.05) is 0 Å². The highest BCUT2D eigenvalue weighted by molar-refractivity contribution is 6.31. The first-order valence-corrected chi connectivity index (χ1v) is 9.56. The van der Waals surface area contributed by atoms with E-state index in [-0.39, 0.29) is 19.3 Å². The standard InChI is InChI=1S/C20H24ClN3O5/c1-11(2)29-20(28)16(6-4-14(25)9-22)24-19(27)18(26)7-12-10-23-17-8-13(21)3-5-15(12)17/h3,5,8-11,16,18,22-23,26H,4,6-7H2,1-2H3,(H,24,27)/t16-,18-/m0/s1. The van der Waals surface area contributed by atoms with Crippen molar-refractivity contribution in [1.82, 2.24) is 10.3 Å². The SMILES string of the molecule is CC(C)OC(=O)[C@H](CCC(=O)C=N)NC(=O)[C@@H](O)Cc1c[nH]c2cc(Cl)ccc12. The van der Waals surface area contributed by atoms with E-state index in [1.165, 1.54) is 0 Å². The topological polar surface area (TPSA) is 132 Å². The Bertz CT molecular complexity index is 909. The van der Waals surface area contributed by atoms with Crippen molar-refractivity contribution in [2.24, 2.45) is 0 Å². The molecule has 9 heteroatoms.